The first-order valence-electron chi connectivity index (χ1n) is 8.30. The monoisotopic (exact) mass is 425 g/mol. The maximum atomic E-state index is 13.0. The van der Waals surface area contributed by atoms with Crippen LogP contribution in [0.15, 0.2) is 41.3 Å². The number of halogens is 2. The van der Waals surface area contributed by atoms with Gasteiger partial charge in [0.1, 0.15) is 5.75 Å². The van der Waals surface area contributed by atoms with E-state index < -0.39 is 11.2 Å². The third-order valence-electron chi connectivity index (χ3n) is 4.04. The minimum atomic E-state index is -1.02. The lowest BCUT2D eigenvalue weighted by molar-refractivity contribution is -0.138. The quantitative estimate of drug-likeness (QED) is 0.714. The highest BCUT2D eigenvalue weighted by molar-refractivity contribution is 8.01. The minimum Gasteiger partial charge on any atom is -0.493 e. The van der Waals surface area contributed by atoms with E-state index in [-0.39, 0.29) is 18.9 Å². The van der Waals surface area contributed by atoms with E-state index in [0.717, 1.165) is 10.5 Å². The zero-order valence-electron chi connectivity index (χ0n) is 14.4. The lowest BCUT2D eigenvalue weighted by Crippen LogP contribution is -2.41. The van der Waals surface area contributed by atoms with E-state index in [4.69, 9.17) is 27.9 Å². The van der Waals surface area contributed by atoms with Gasteiger partial charge in [0, 0.05) is 0 Å². The smallest absolute Gasteiger partial charge is 0.305 e. The first kappa shape index (κ1) is 19.9. The molecule has 0 fully saturated rings. The molecule has 142 valence electrons. The van der Waals surface area contributed by atoms with E-state index in [1.54, 1.807) is 23.1 Å². The van der Waals surface area contributed by atoms with Crippen LogP contribution in [0.2, 0.25) is 10.0 Å². The predicted octanol–water partition coefficient (Wildman–Crippen LogP) is 4.87. The average Bonchev–Trinajstić information content (AvgIpc) is 2.62. The number of ether oxygens (including phenoxy) is 1. The minimum absolute atomic E-state index is 0.255. The lowest BCUT2D eigenvalue weighted by atomic mass is 10.1. The van der Waals surface area contributed by atoms with Crippen LogP contribution in [0.3, 0.4) is 0 Å². The number of aliphatic carboxylic acids is 1. The Labute approximate surface area is 171 Å². The van der Waals surface area contributed by atoms with Gasteiger partial charge in [-0.1, -0.05) is 35.3 Å². The van der Waals surface area contributed by atoms with Crippen LogP contribution in [0, 0.1) is 0 Å². The van der Waals surface area contributed by atoms with Gasteiger partial charge in [0.25, 0.3) is 0 Å². The molecule has 8 heteroatoms. The summed E-state index contributed by atoms with van der Waals surface area (Å²) in [6.45, 7) is 2.61. The molecule has 0 radical (unpaired) electrons. The second kappa shape index (κ2) is 8.42. The molecular weight excluding hydrogens is 409 g/mol. The Morgan fingerprint density at radius 1 is 1.26 bits per heavy atom. The average molecular weight is 426 g/mol. The second-order valence-electron chi connectivity index (χ2n) is 5.91. The normalized spacial score (nSPS) is 16.2. The largest absolute Gasteiger partial charge is 0.493 e. The fourth-order valence-corrected chi connectivity index (χ4v) is 4.46. The Balaban J connectivity index is 2.02. The SMILES string of the molecule is CCOc1cccc2c1SC(CC(=O)O)C(=O)N2Cc1ccc(Cl)c(Cl)c1. The van der Waals surface area contributed by atoms with Crippen LogP contribution in [-0.4, -0.2) is 28.8 Å². The van der Waals surface area contributed by atoms with Crippen molar-refractivity contribution in [1.29, 1.82) is 0 Å². The van der Waals surface area contributed by atoms with Gasteiger partial charge in [0.15, 0.2) is 0 Å². The van der Waals surface area contributed by atoms with E-state index in [1.807, 2.05) is 25.1 Å². The van der Waals surface area contributed by atoms with E-state index >= 15 is 0 Å². The summed E-state index contributed by atoms with van der Waals surface area (Å²) < 4.78 is 5.68. The zero-order chi connectivity index (χ0) is 19.6. The summed E-state index contributed by atoms with van der Waals surface area (Å²) in [4.78, 5) is 26.6. The Morgan fingerprint density at radius 2 is 2.04 bits per heavy atom. The number of carbonyl (C=O) groups excluding carboxylic acids is 1. The fraction of sp³-hybridized carbons (Fsp3) is 0.263. The highest BCUT2D eigenvalue weighted by atomic mass is 35.5. The Bertz CT molecular complexity index is 890. The van der Waals surface area contributed by atoms with Crippen molar-refractivity contribution in [2.45, 2.75) is 30.0 Å². The summed E-state index contributed by atoms with van der Waals surface area (Å²) in [5.74, 6) is -0.635. The summed E-state index contributed by atoms with van der Waals surface area (Å²) in [6, 6.07) is 10.6. The van der Waals surface area contributed by atoms with Crippen molar-refractivity contribution in [3.05, 3.63) is 52.0 Å². The molecule has 0 saturated carbocycles. The molecule has 1 heterocycles. The molecule has 1 atom stereocenters. The van der Waals surface area contributed by atoms with E-state index in [9.17, 15) is 14.7 Å². The first-order chi connectivity index (χ1) is 12.9. The van der Waals surface area contributed by atoms with Crippen molar-refractivity contribution in [2.75, 3.05) is 11.5 Å². The number of carboxylic acids is 1. The molecule has 0 saturated heterocycles. The van der Waals surface area contributed by atoms with Crippen LogP contribution in [0.5, 0.6) is 5.75 Å². The standard InChI is InChI=1S/C19H17Cl2NO4S/c1-2-26-15-5-3-4-14-18(15)27-16(9-17(23)24)19(25)22(14)10-11-6-7-12(20)13(21)8-11/h3-8,16H,2,9-10H2,1H3,(H,23,24). The molecule has 2 aromatic rings. The molecule has 2 aromatic carbocycles. The maximum absolute atomic E-state index is 13.0. The van der Waals surface area contributed by atoms with E-state index in [0.29, 0.717) is 28.1 Å². The number of amides is 1. The number of anilines is 1. The third-order valence-corrected chi connectivity index (χ3v) is 6.07. The van der Waals surface area contributed by atoms with E-state index in [2.05, 4.69) is 0 Å². The number of rotatable bonds is 6. The lowest BCUT2D eigenvalue weighted by Gasteiger charge is -2.34. The maximum Gasteiger partial charge on any atom is 0.305 e. The molecule has 1 amide bonds. The summed E-state index contributed by atoms with van der Waals surface area (Å²) in [5.41, 5.74) is 1.50. The Morgan fingerprint density at radius 3 is 2.70 bits per heavy atom. The predicted molar refractivity (Wildman–Crippen MR) is 107 cm³/mol. The molecule has 0 aliphatic carbocycles. The van der Waals surface area contributed by atoms with E-state index in [1.165, 1.54) is 11.8 Å². The molecule has 27 heavy (non-hydrogen) atoms. The number of hydrogen-bond donors (Lipinski definition) is 1. The van der Waals surface area contributed by atoms with Crippen molar-refractivity contribution < 1.29 is 19.4 Å². The molecule has 0 bridgehead atoms. The van der Waals surface area contributed by atoms with Crippen molar-refractivity contribution >= 4 is 52.5 Å². The summed E-state index contributed by atoms with van der Waals surface area (Å²) >= 11 is 13.3. The van der Waals surface area contributed by atoms with Gasteiger partial charge in [0.2, 0.25) is 5.91 Å². The third kappa shape index (κ3) is 4.34. The van der Waals surface area contributed by atoms with Gasteiger partial charge in [-0.2, -0.15) is 0 Å². The van der Waals surface area contributed by atoms with Crippen molar-refractivity contribution in [2.24, 2.45) is 0 Å². The molecule has 1 N–H and O–H groups in total. The topological polar surface area (TPSA) is 66.8 Å². The highest BCUT2D eigenvalue weighted by Crippen LogP contribution is 2.46. The van der Waals surface area contributed by atoms with Crippen molar-refractivity contribution in [3.8, 4) is 5.75 Å². The first-order valence-corrected chi connectivity index (χ1v) is 9.93. The number of hydrogen-bond acceptors (Lipinski definition) is 4. The Hall–Kier alpha value is -1.89. The molecule has 5 nitrogen and oxygen atoms in total. The fourth-order valence-electron chi connectivity index (χ4n) is 2.86. The number of nitrogens with zero attached hydrogens (tertiary/aromatic N) is 1. The molecule has 1 aliphatic heterocycles. The van der Waals surface area contributed by atoms with Gasteiger partial charge in [-0.3, -0.25) is 9.59 Å². The van der Waals surface area contributed by atoms with Crippen LogP contribution in [0.4, 0.5) is 5.69 Å². The van der Waals surface area contributed by atoms with Gasteiger partial charge in [-0.25, -0.2) is 0 Å². The number of carbonyl (C=O) groups is 2. The molecule has 0 spiro atoms. The van der Waals surface area contributed by atoms with Gasteiger partial charge in [-0.05, 0) is 36.8 Å². The molecule has 3 rings (SSSR count). The van der Waals surface area contributed by atoms with Gasteiger partial charge >= 0.3 is 5.97 Å². The summed E-state index contributed by atoms with van der Waals surface area (Å²) in [5, 5.41) is 9.31. The van der Waals surface area contributed by atoms with Gasteiger partial charge in [0.05, 0.1) is 45.5 Å². The second-order valence-corrected chi connectivity index (χ2v) is 7.94. The van der Waals surface area contributed by atoms with Crippen LogP contribution in [0.25, 0.3) is 0 Å². The number of thioether (sulfide) groups is 1. The van der Waals surface area contributed by atoms with Crippen LogP contribution >= 0.6 is 35.0 Å². The van der Waals surface area contributed by atoms with Crippen LogP contribution < -0.4 is 9.64 Å². The number of carboxylic acid groups (broad SMARTS) is 1. The number of fused-ring (bicyclic) bond motifs is 1. The highest BCUT2D eigenvalue weighted by Gasteiger charge is 2.36. The summed E-state index contributed by atoms with van der Waals surface area (Å²) in [6.07, 6.45) is -0.263. The van der Waals surface area contributed by atoms with Gasteiger partial charge < -0.3 is 14.7 Å². The van der Waals surface area contributed by atoms with Gasteiger partial charge in [-0.15, -0.1) is 11.8 Å². The molecular formula is C19H17Cl2NO4S. The summed E-state index contributed by atoms with van der Waals surface area (Å²) in [7, 11) is 0. The molecule has 1 unspecified atom stereocenters. The van der Waals surface area contributed by atoms with Crippen LogP contribution in [0.1, 0.15) is 18.9 Å². The zero-order valence-corrected chi connectivity index (χ0v) is 16.8. The molecule has 0 aromatic heterocycles. The van der Waals surface area contributed by atoms with Crippen LogP contribution in [-0.2, 0) is 16.1 Å². The molecule has 1 aliphatic rings. The van der Waals surface area contributed by atoms with Crippen molar-refractivity contribution in [1.82, 2.24) is 0 Å². The van der Waals surface area contributed by atoms with Crippen molar-refractivity contribution in [3.63, 3.8) is 0 Å². The Kier molecular flexibility index (Phi) is 6.19. The number of benzene rings is 2.